The van der Waals surface area contributed by atoms with Crippen LogP contribution in [0.3, 0.4) is 0 Å². The predicted molar refractivity (Wildman–Crippen MR) is 177 cm³/mol. The van der Waals surface area contributed by atoms with Gasteiger partial charge in [-0.05, 0) is 23.3 Å². The molecule has 8 nitrogen and oxygen atoms in total. The monoisotopic (exact) mass is 622 g/mol. The van der Waals surface area contributed by atoms with Gasteiger partial charge in [0, 0.05) is 44.5 Å². The van der Waals surface area contributed by atoms with Crippen molar-refractivity contribution < 1.29 is 9.53 Å². The van der Waals surface area contributed by atoms with E-state index in [9.17, 15) is 4.79 Å². The van der Waals surface area contributed by atoms with Gasteiger partial charge in [0.2, 0.25) is 0 Å². The highest BCUT2D eigenvalue weighted by Gasteiger charge is 2.24. The van der Waals surface area contributed by atoms with Crippen molar-refractivity contribution in [3.05, 3.63) is 124 Å². The number of rotatable bonds is 11. The summed E-state index contributed by atoms with van der Waals surface area (Å²) in [5.41, 5.74) is 3.75. The Morgan fingerprint density at radius 3 is 2.43 bits per heavy atom. The third-order valence-electron chi connectivity index (χ3n) is 7.46. The molecular weight excluding hydrogens is 589 g/mol. The number of thiazole rings is 1. The lowest BCUT2D eigenvalue weighted by Crippen LogP contribution is -2.48. The average Bonchev–Trinajstić information content (AvgIpc) is 3.72. The summed E-state index contributed by atoms with van der Waals surface area (Å²) in [5.74, 6) is 2.16. The van der Waals surface area contributed by atoms with Crippen molar-refractivity contribution in [2.24, 2.45) is 0 Å². The molecule has 0 N–H and O–H groups in total. The number of ether oxygens (including phenoxy) is 1. The molecule has 224 valence electrons. The first-order valence-corrected chi connectivity index (χ1v) is 16.5. The molecule has 1 amide bonds. The highest BCUT2D eigenvalue weighted by molar-refractivity contribution is 7.98. The molecule has 0 unspecified atom stereocenters. The number of hydrogen-bond donors (Lipinski definition) is 0. The van der Waals surface area contributed by atoms with Gasteiger partial charge in [0.15, 0.2) is 5.16 Å². The van der Waals surface area contributed by atoms with Crippen LogP contribution in [0.4, 0.5) is 0 Å². The van der Waals surface area contributed by atoms with Crippen LogP contribution in [0.5, 0.6) is 5.75 Å². The molecule has 1 aliphatic heterocycles. The number of aromatic nitrogens is 4. The molecule has 6 rings (SSSR count). The Balaban J connectivity index is 1.08. The van der Waals surface area contributed by atoms with Crippen molar-refractivity contribution in [2.75, 3.05) is 39.8 Å². The molecular formula is C34H34N6O2S2. The maximum atomic E-state index is 13.3. The topological polar surface area (TPSA) is 76.4 Å². The predicted octanol–water partition coefficient (Wildman–Crippen LogP) is 6.09. The molecule has 2 aromatic heterocycles. The van der Waals surface area contributed by atoms with Gasteiger partial charge in [-0.1, -0.05) is 96.7 Å². The molecule has 3 aromatic carbocycles. The smallest absolute Gasteiger partial charge is 0.273 e. The minimum atomic E-state index is -0.000635. The Kier molecular flexibility index (Phi) is 9.81. The van der Waals surface area contributed by atoms with Crippen LogP contribution in [-0.4, -0.2) is 75.3 Å². The van der Waals surface area contributed by atoms with E-state index in [1.165, 1.54) is 16.9 Å². The van der Waals surface area contributed by atoms with E-state index in [0.29, 0.717) is 31.0 Å². The summed E-state index contributed by atoms with van der Waals surface area (Å²) in [4.78, 5) is 22.3. The zero-order chi connectivity index (χ0) is 30.1. The van der Waals surface area contributed by atoms with Crippen LogP contribution < -0.4 is 4.74 Å². The minimum absolute atomic E-state index is 0.000635. The normalized spacial score (nSPS) is 13.9. The minimum Gasteiger partial charge on any atom is -0.495 e. The Morgan fingerprint density at radius 2 is 1.66 bits per heavy atom. The van der Waals surface area contributed by atoms with Gasteiger partial charge < -0.3 is 9.64 Å². The molecule has 0 saturated carbocycles. The first kappa shape index (κ1) is 29.8. The van der Waals surface area contributed by atoms with Crippen LogP contribution in [0, 0.1) is 0 Å². The highest BCUT2D eigenvalue weighted by atomic mass is 32.2. The molecule has 0 aliphatic carbocycles. The summed E-state index contributed by atoms with van der Waals surface area (Å²) in [5, 5.41) is 12.6. The summed E-state index contributed by atoms with van der Waals surface area (Å²) < 4.78 is 7.74. The molecule has 1 saturated heterocycles. The largest absolute Gasteiger partial charge is 0.495 e. The molecule has 44 heavy (non-hydrogen) atoms. The van der Waals surface area contributed by atoms with Crippen LogP contribution in [0.1, 0.15) is 32.4 Å². The number of piperazine rings is 1. The number of para-hydroxylation sites is 2. The zero-order valence-electron chi connectivity index (χ0n) is 24.6. The summed E-state index contributed by atoms with van der Waals surface area (Å²) in [6, 6.07) is 28.4. The number of nitrogens with zero attached hydrogens (tertiary/aromatic N) is 6. The van der Waals surface area contributed by atoms with Crippen LogP contribution in [0.15, 0.2) is 102 Å². The van der Waals surface area contributed by atoms with Crippen LogP contribution in [0.2, 0.25) is 0 Å². The van der Waals surface area contributed by atoms with Crippen LogP contribution in [-0.2, 0) is 12.2 Å². The fourth-order valence-corrected chi connectivity index (χ4v) is 6.89. The van der Waals surface area contributed by atoms with E-state index >= 15 is 0 Å². The number of carbonyl (C=O) groups excluding carboxylic acids is 1. The number of carbonyl (C=O) groups is 1. The fraction of sp³-hybridized carbons (Fsp3) is 0.235. The number of hydrogen-bond acceptors (Lipinski definition) is 8. The van der Waals surface area contributed by atoms with E-state index in [-0.39, 0.29) is 5.91 Å². The van der Waals surface area contributed by atoms with Gasteiger partial charge in [-0.25, -0.2) is 4.98 Å². The SMILES string of the molecule is COc1ccccc1-n1c(Cc2ccccc2)nnc1SCc1nc(C(=O)N2CCN(C/C=C/c3ccccc3)CC2)cs1. The maximum absolute atomic E-state index is 13.3. The maximum Gasteiger partial charge on any atom is 0.273 e. The molecule has 10 heteroatoms. The van der Waals surface area contributed by atoms with Crippen molar-refractivity contribution in [1.82, 2.24) is 29.5 Å². The second-order valence-electron chi connectivity index (χ2n) is 10.4. The Hall–Kier alpha value is -4.25. The zero-order valence-corrected chi connectivity index (χ0v) is 26.2. The fourth-order valence-electron chi connectivity index (χ4n) is 5.14. The van der Waals surface area contributed by atoms with E-state index in [1.54, 1.807) is 18.9 Å². The molecule has 0 atom stereocenters. The molecule has 1 aliphatic rings. The van der Waals surface area contributed by atoms with Gasteiger partial charge in [0.25, 0.3) is 5.91 Å². The van der Waals surface area contributed by atoms with Crippen molar-refractivity contribution in [1.29, 1.82) is 0 Å². The summed E-state index contributed by atoms with van der Waals surface area (Å²) in [6.45, 7) is 3.97. The molecule has 0 bridgehead atoms. The average molecular weight is 623 g/mol. The lowest BCUT2D eigenvalue weighted by Gasteiger charge is -2.33. The summed E-state index contributed by atoms with van der Waals surface area (Å²) in [7, 11) is 1.67. The van der Waals surface area contributed by atoms with E-state index in [1.807, 2.05) is 70.9 Å². The van der Waals surface area contributed by atoms with E-state index in [0.717, 1.165) is 52.6 Å². The molecule has 3 heterocycles. The van der Waals surface area contributed by atoms with Crippen LogP contribution in [0.25, 0.3) is 11.8 Å². The number of thioether (sulfide) groups is 1. The van der Waals surface area contributed by atoms with Gasteiger partial charge in [0.05, 0.1) is 18.6 Å². The van der Waals surface area contributed by atoms with E-state index < -0.39 is 0 Å². The van der Waals surface area contributed by atoms with Crippen molar-refractivity contribution >= 4 is 35.1 Å². The standard InChI is InChI=1S/C34H34N6O2S2/c1-42-30-17-9-8-16-29(30)40-31(23-27-13-6-3-7-14-27)36-37-34(40)44-25-32-35-28(24-43-32)33(41)39-21-19-38(20-22-39)18-10-15-26-11-4-2-5-12-26/h2-17,24H,18-23,25H2,1H3/b15-10+. The third kappa shape index (κ3) is 7.27. The number of methoxy groups -OCH3 is 1. The van der Waals surface area contributed by atoms with Gasteiger partial charge in [-0.15, -0.1) is 21.5 Å². The molecule has 0 radical (unpaired) electrons. The van der Waals surface area contributed by atoms with Gasteiger partial charge in [0.1, 0.15) is 22.3 Å². The number of benzene rings is 3. The lowest BCUT2D eigenvalue weighted by atomic mass is 10.1. The van der Waals surface area contributed by atoms with Gasteiger partial charge >= 0.3 is 0 Å². The van der Waals surface area contributed by atoms with Crippen molar-refractivity contribution in [3.8, 4) is 11.4 Å². The van der Waals surface area contributed by atoms with Gasteiger partial charge in [-0.3, -0.25) is 14.3 Å². The number of amides is 1. The second kappa shape index (κ2) is 14.5. The van der Waals surface area contributed by atoms with Gasteiger partial charge in [-0.2, -0.15) is 0 Å². The highest BCUT2D eigenvalue weighted by Crippen LogP contribution is 2.31. The molecule has 0 spiro atoms. The summed E-state index contributed by atoms with van der Waals surface area (Å²) in [6.07, 6.45) is 4.98. The van der Waals surface area contributed by atoms with E-state index in [4.69, 9.17) is 9.72 Å². The Morgan fingerprint density at radius 1 is 0.932 bits per heavy atom. The quantitative estimate of drug-likeness (QED) is 0.165. The second-order valence-corrected chi connectivity index (χ2v) is 12.3. The third-order valence-corrected chi connectivity index (χ3v) is 9.43. The first-order chi connectivity index (χ1) is 21.7. The van der Waals surface area contributed by atoms with Crippen LogP contribution >= 0.6 is 23.1 Å². The lowest BCUT2D eigenvalue weighted by molar-refractivity contribution is 0.0645. The van der Waals surface area contributed by atoms with E-state index in [2.05, 4.69) is 56.1 Å². The molecule has 1 fully saturated rings. The summed E-state index contributed by atoms with van der Waals surface area (Å²) >= 11 is 3.06. The molecule has 5 aromatic rings. The van der Waals surface area contributed by atoms with Crippen molar-refractivity contribution in [2.45, 2.75) is 17.3 Å². The Bertz CT molecular complexity index is 1700. The van der Waals surface area contributed by atoms with Crippen molar-refractivity contribution in [3.63, 3.8) is 0 Å². The first-order valence-electron chi connectivity index (χ1n) is 14.6. The Labute approximate surface area is 266 Å².